The molecule has 5 amide bonds. The molecule has 1 unspecified atom stereocenters. The molecule has 2 saturated heterocycles. The minimum Gasteiger partial charge on any atom is -0.508 e. The third-order valence-electron chi connectivity index (χ3n) is 11.5. The van der Waals surface area contributed by atoms with Gasteiger partial charge in [0.2, 0.25) is 11.8 Å². The van der Waals surface area contributed by atoms with Crippen LogP contribution in [0.3, 0.4) is 0 Å². The molecule has 4 heterocycles. The van der Waals surface area contributed by atoms with Crippen molar-refractivity contribution in [2.45, 2.75) is 82.8 Å². The molecule has 0 aromatic heterocycles. The molecule has 3 aromatic rings. The summed E-state index contributed by atoms with van der Waals surface area (Å²) < 4.78 is 0. The van der Waals surface area contributed by atoms with Gasteiger partial charge in [-0.3, -0.25) is 39.1 Å². The molecule has 1 aliphatic carbocycles. The van der Waals surface area contributed by atoms with Gasteiger partial charge in [0.05, 0.1) is 21.7 Å². The fourth-order valence-electron chi connectivity index (χ4n) is 8.41. The van der Waals surface area contributed by atoms with E-state index in [0.29, 0.717) is 28.7 Å². The van der Waals surface area contributed by atoms with Crippen molar-refractivity contribution in [1.82, 2.24) is 20.4 Å². The summed E-state index contributed by atoms with van der Waals surface area (Å²) in [5, 5.41) is 23.0. The summed E-state index contributed by atoms with van der Waals surface area (Å²) in [7, 11) is 0. The number of carbonyl (C=O) groups excluding carboxylic acids is 5. The highest BCUT2D eigenvalue weighted by Gasteiger charge is 2.45. The van der Waals surface area contributed by atoms with Crippen LogP contribution in [0, 0.1) is 17.2 Å². The predicted octanol–water partition coefficient (Wildman–Crippen LogP) is 5.34. The summed E-state index contributed by atoms with van der Waals surface area (Å²) >= 11 is 5.55. The summed E-state index contributed by atoms with van der Waals surface area (Å²) in [6, 6.07) is 17.1. The highest BCUT2D eigenvalue weighted by molar-refractivity contribution is 6.31. The van der Waals surface area contributed by atoms with Crippen LogP contribution in [-0.4, -0.2) is 82.7 Å². The molecule has 0 bridgehead atoms. The molecule has 13 heteroatoms. The van der Waals surface area contributed by atoms with Crippen LogP contribution in [0.4, 0.5) is 5.69 Å². The molecule has 12 nitrogen and oxygen atoms in total. The van der Waals surface area contributed by atoms with Crippen LogP contribution >= 0.6 is 11.6 Å². The van der Waals surface area contributed by atoms with E-state index < -0.39 is 23.8 Å². The first-order chi connectivity index (χ1) is 26.6. The normalized spacial score (nSPS) is 20.5. The molecule has 5 aliphatic rings. The van der Waals surface area contributed by atoms with E-state index in [1.807, 2.05) is 18.2 Å². The molecule has 286 valence electrons. The van der Waals surface area contributed by atoms with Gasteiger partial charge in [0.15, 0.2) is 0 Å². The number of nitrogens with one attached hydrogen (secondary N) is 2. The Kier molecular flexibility index (Phi) is 11.5. The van der Waals surface area contributed by atoms with E-state index in [9.17, 15) is 24.0 Å². The number of hydrogen-bond acceptors (Lipinski definition) is 9. The van der Waals surface area contributed by atoms with Gasteiger partial charge in [-0.2, -0.15) is 5.26 Å². The van der Waals surface area contributed by atoms with E-state index in [-0.39, 0.29) is 35.4 Å². The maximum atomic E-state index is 13.3. The Balaban J connectivity index is 0.000000406. The van der Waals surface area contributed by atoms with Crippen molar-refractivity contribution < 1.29 is 29.1 Å². The summed E-state index contributed by atoms with van der Waals surface area (Å²) in [6.07, 6.45) is 9.14. The predicted molar refractivity (Wildman–Crippen MR) is 206 cm³/mol. The topological polar surface area (TPSA) is 163 Å². The van der Waals surface area contributed by atoms with Crippen LogP contribution in [0.1, 0.15) is 106 Å². The van der Waals surface area contributed by atoms with Crippen molar-refractivity contribution >= 4 is 46.8 Å². The van der Waals surface area contributed by atoms with Gasteiger partial charge >= 0.3 is 0 Å². The Labute approximate surface area is 325 Å². The van der Waals surface area contributed by atoms with Gasteiger partial charge in [0.1, 0.15) is 17.9 Å². The van der Waals surface area contributed by atoms with Crippen molar-refractivity contribution in [3.63, 3.8) is 0 Å². The molecular weight excluding hydrogens is 720 g/mol. The minimum absolute atomic E-state index is 0.0601. The lowest BCUT2D eigenvalue weighted by Crippen LogP contribution is -2.54. The number of phenolic OH excluding ortho intramolecular Hbond substituents is 1. The average molecular weight is 765 g/mol. The molecule has 4 aliphatic heterocycles. The van der Waals surface area contributed by atoms with Crippen LogP contribution in [0.15, 0.2) is 54.6 Å². The summed E-state index contributed by atoms with van der Waals surface area (Å²) in [5.74, 6) is -1.21. The number of nitriles is 1. The number of anilines is 1. The standard InChI is InChI=1S/C35H41N5O5.C7H4ClNO/c41-31-11-10-30(33(43)37-31)40-34(44)28-9-8-27(19-29(28)35(40)45)39-16-12-22(13-17-39)20-38-15-14-23-18-24(6-7-25(23)21-38)32(42)36-26-4-2-1-3-5-26;8-7-3-6(10)2-1-5(7)4-9/h6-9,18-19,22,26,30H,1-5,10-17,20-21H2,(H,36,42)(H,37,41,43);1-3,10H. The molecule has 1 saturated carbocycles. The largest absolute Gasteiger partial charge is 0.508 e. The number of benzene rings is 3. The van der Waals surface area contributed by atoms with Crippen LogP contribution < -0.4 is 15.5 Å². The Morgan fingerprint density at radius 3 is 2.35 bits per heavy atom. The number of hydrogen-bond donors (Lipinski definition) is 3. The van der Waals surface area contributed by atoms with E-state index in [0.717, 1.165) is 81.0 Å². The zero-order valence-corrected chi connectivity index (χ0v) is 31.4. The molecular formula is C42H45ClN6O6. The van der Waals surface area contributed by atoms with Crippen molar-refractivity contribution in [2.75, 3.05) is 31.1 Å². The first-order valence-electron chi connectivity index (χ1n) is 19.2. The maximum absolute atomic E-state index is 13.3. The van der Waals surface area contributed by atoms with E-state index in [4.69, 9.17) is 22.0 Å². The fraction of sp³-hybridized carbons (Fsp3) is 0.429. The van der Waals surface area contributed by atoms with Gasteiger partial charge in [-0.05, 0) is 104 Å². The lowest BCUT2D eigenvalue weighted by Gasteiger charge is -2.37. The second kappa shape index (κ2) is 16.6. The molecule has 3 N–H and O–H groups in total. The first-order valence-corrected chi connectivity index (χ1v) is 19.6. The Morgan fingerprint density at radius 1 is 0.855 bits per heavy atom. The van der Waals surface area contributed by atoms with E-state index in [2.05, 4.69) is 32.6 Å². The average Bonchev–Trinajstić information content (AvgIpc) is 3.43. The lowest BCUT2D eigenvalue weighted by molar-refractivity contribution is -0.136. The van der Waals surface area contributed by atoms with Gasteiger partial charge < -0.3 is 15.3 Å². The number of imide groups is 2. The maximum Gasteiger partial charge on any atom is 0.262 e. The second-order valence-corrected chi connectivity index (χ2v) is 15.6. The number of rotatable bonds is 6. The monoisotopic (exact) mass is 764 g/mol. The van der Waals surface area contributed by atoms with Crippen LogP contribution in [-0.2, 0) is 22.6 Å². The highest BCUT2D eigenvalue weighted by Crippen LogP contribution is 2.33. The molecule has 0 spiro atoms. The number of amides is 5. The summed E-state index contributed by atoms with van der Waals surface area (Å²) in [6.45, 7) is 4.67. The Hall–Kier alpha value is -5.25. The van der Waals surface area contributed by atoms with E-state index in [1.165, 1.54) is 48.6 Å². The fourth-order valence-corrected chi connectivity index (χ4v) is 8.63. The molecule has 55 heavy (non-hydrogen) atoms. The molecule has 3 aromatic carbocycles. The zero-order valence-electron chi connectivity index (χ0n) is 30.7. The SMILES string of the molecule is N#Cc1ccc(O)cc1Cl.O=C1CCC(N2C(=O)c3ccc(N4CCC(CN5CCc6cc(C(=O)NC7CCCCC7)ccc6C5)CC4)cc3C2=O)C(=O)N1. The number of nitrogens with zero attached hydrogens (tertiary/aromatic N) is 4. The highest BCUT2D eigenvalue weighted by atomic mass is 35.5. The van der Waals surface area contributed by atoms with Gasteiger partial charge in [-0.1, -0.05) is 36.9 Å². The number of piperidine rings is 2. The number of phenols is 1. The second-order valence-electron chi connectivity index (χ2n) is 15.2. The van der Waals surface area contributed by atoms with Crippen LogP contribution in [0.25, 0.3) is 0 Å². The van der Waals surface area contributed by atoms with Crippen molar-refractivity contribution in [3.05, 3.63) is 93.0 Å². The van der Waals surface area contributed by atoms with E-state index in [1.54, 1.807) is 12.1 Å². The quantitative estimate of drug-likeness (QED) is 0.281. The third kappa shape index (κ3) is 8.53. The number of carbonyl (C=O) groups is 5. The number of aromatic hydroxyl groups is 1. The lowest BCUT2D eigenvalue weighted by atomic mass is 9.92. The zero-order chi connectivity index (χ0) is 38.6. The minimum atomic E-state index is -0.955. The van der Waals surface area contributed by atoms with Crippen molar-refractivity contribution in [1.29, 1.82) is 5.26 Å². The Bertz CT molecular complexity index is 2050. The number of halogens is 1. The molecule has 3 fully saturated rings. The van der Waals surface area contributed by atoms with Crippen molar-refractivity contribution in [2.24, 2.45) is 5.92 Å². The number of fused-ring (bicyclic) bond motifs is 2. The van der Waals surface area contributed by atoms with Crippen LogP contribution in [0.2, 0.25) is 5.02 Å². The first kappa shape index (κ1) is 38.0. The van der Waals surface area contributed by atoms with Crippen molar-refractivity contribution in [3.8, 4) is 11.8 Å². The van der Waals surface area contributed by atoms with Gasteiger partial charge in [0, 0.05) is 56.4 Å². The van der Waals surface area contributed by atoms with Gasteiger partial charge in [-0.25, -0.2) is 0 Å². The van der Waals surface area contributed by atoms with E-state index >= 15 is 0 Å². The van der Waals surface area contributed by atoms with Crippen LogP contribution in [0.5, 0.6) is 5.75 Å². The molecule has 0 radical (unpaired) electrons. The summed E-state index contributed by atoms with van der Waals surface area (Å²) in [5.41, 5.74) is 5.31. The third-order valence-corrected chi connectivity index (χ3v) is 11.8. The molecule has 1 atom stereocenters. The summed E-state index contributed by atoms with van der Waals surface area (Å²) in [4.78, 5) is 68.9. The molecule has 8 rings (SSSR count). The van der Waals surface area contributed by atoms with Gasteiger partial charge in [0.25, 0.3) is 17.7 Å². The van der Waals surface area contributed by atoms with Gasteiger partial charge in [-0.15, -0.1) is 0 Å². The smallest absolute Gasteiger partial charge is 0.262 e. The Morgan fingerprint density at radius 2 is 1.62 bits per heavy atom.